The average molecular weight is 425 g/mol. The van der Waals surface area contributed by atoms with Gasteiger partial charge in [-0.15, -0.1) is 6.58 Å². The highest BCUT2D eigenvalue weighted by atomic mass is 16.7. The Morgan fingerprint density at radius 2 is 1.65 bits per heavy atom. The molecule has 168 valence electrons. The van der Waals surface area contributed by atoms with Crippen molar-refractivity contribution in [1.82, 2.24) is 10.4 Å². The average Bonchev–Trinajstić information content (AvgIpc) is 2.81. The van der Waals surface area contributed by atoms with E-state index in [1.54, 1.807) is 7.11 Å². The van der Waals surface area contributed by atoms with Crippen LogP contribution in [-0.2, 0) is 22.7 Å². The largest absolute Gasteiger partial charge is 0.445 e. The Morgan fingerprint density at radius 3 is 2.29 bits per heavy atom. The normalized spacial score (nSPS) is 11.8. The summed E-state index contributed by atoms with van der Waals surface area (Å²) in [5.74, 6) is 0. The minimum atomic E-state index is -0.355. The Morgan fingerprint density at radius 1 is 1.00 bits per heavy atom. The number of carbonyl (C=O) groups excluding carboxylic acids is 1. The van der Waals surface area contributed by atoms with Gasteiger partial charge in [-0.25, -0.2) is 4.79 Å². The molecule has 1 N–H and O–H groups in total. The fourth-order valence-electron chi connectivity index (χ4n) is 3.50. The molecule has 0 aliphatic rings. The number of nitrogens with zero attached hydrogens (tertiary/aromatic N) is 1. The first-order valence-electron chi connectivity index (χ1n) is 11.1. The number of carbonyl (C=O) groups is 1. The predicted octanol–water partition coefficient (Wildman–Crippen LogP) is 5.87. The Labute approximate surface area is 187 Å². The molecule has 2 rings (SSSR count). The molecule has 1 unspecified atom stereocenters. The quantitative estimate of drug-likeness (QED) is 0.221. The smallest absolute Gasteiger partial charge is 0.407 e. The first-order chi connectivity index (χ1) is 15.2. The van der Waals surface area contributed by atoms with Crippen molar-refractivity contribution in [2.24, 2.45) is 0 Å². The van der Waals surface area contributed by atoms with Gasteiger partial charge in [-0.3, -0.25) is 0 Å². The topological polar surface area (TPSA) is 50.8 Å². The van der Waals surface area contributed by atoms with Crippen LogP contribution in [0.25, 0.3) is 0 Å². The van der Waals surface area contributed by atoms with E-state index < -0.39 is 0 Å². The molecule has 0 bridgehead atoms. The summed E-state index contributed by atoms with van der Waals surface area (Å²) in [7, 11) is 1.74. The second kappa shape index (κ2) is 15.2. The number of hydrogen-bond acceptors (Lipinski definition) is 4. The molecule has 2 aromatic rings. The summed E-state index contributed by atoms with van der Waals surface area (Å²) >= 11 is 0. The molecular weight excluding hydrogens is 388 g/mol. The zero-order valence-corrected chi connectivity index (χ0v) is 18.7. The maximum absolute atomic E-state index is 11.8. The third kappa shape index (κ3) is 10.3. The number of nitrogens with one attached hydrogen (secondary N) is 1. The summed E-state index contributed by atoms with van der Waals surface area (Å²) in [6.07, 6.45) is 7.83. The van der Waals surface area contributed by atoms with Crippen LogP contribution in [0, 0.1) is 0 Å². The van der Waals surface area contributed by atoms with Gasteiger partial charge in [0.05, 0.1) is 7.11 Å². The minimum Gasteiger partial charge on any atom is -0.445 e. The van der Waals surface area contributed by atoms with Gasteiger partial charge in [-0.05, 0) is 30.4 Å². The molecule has 1 amide bonds. The molecule has 1 atom stereocenters. The number of alkyl carbamates (subject to hydrolysis) is 1. The van der Waals surface area contributed by atoms with Crippen LogP contribution in [0.4, 0.5) is 4.79 Å². The van der Waals surface area contributed by atoms with Crippen LogP contribution in [0.2, 0.25) is 0 Å². The first-order valence-corrected chi connectivity index (χ1v) is 11.1. The molecule has 0 saturated carbocycles. The lowest BCUT2D eigenvalue weighted by atomic mass is 10.0. The fourth-order valence-corrected chi connectivity index (χ4v) is 3.50. The van der Waals surface area contributed by atoms with Crippen molar-refractivity contribution in [3.05, 3.63) is 84.4 Å². The van der Waals surface area contributed by atoms with Gasteiger partial charge < -0.3 is 14.9 Å². The number of hydrogen-bond donors (Lipinski definition) is 1. The Bertz CT molecular complexity index is 737. The van der Waals surface area contributed by atoms with Crippen LogP contribution in [0.1, 0.15) is 49.7 Å². The summed E-state index contributed by atoms with van der Waals surface area (Å²) in [6, 6.07) is 20.4. The lowest BCUT2D eigenvalue weighted by Gasteiger charge is -2.29. The highest BCUT2D eigenvalue weighted by molar-refractivity contribution is 5.67. The molecular formula is C26H36N2O3. The Kier molecular flexibility index (Phi) is 12.1. The van der Waals surface area contributed by atoms with E-state index in [9.17, 15) is 4.79 Å². The van der Waals surface area contributed by atoms with Crippen molar-refractivity contribution in [2.75, 3.05) is 13.7 Å². The second-order valence-corrected chi connectivity index (χ2v) is 7.61. The summed E-state index contributed by atoms with van der Waals surface area (Å²) in [6.45, 7) is 5.62. The molecule has 5 heteroatoms. The van der Waals surface area contributed by atoms with Gasteiger partial charge in [0.2, 0.25) is 0 Å². The third-order valence-corrected chi connectivity index (χ3v) is 5.21. The van der Waals surface area contributed by atoms with Gasteiger partial charge in [0.15, 0.2) is 0 Å². The van der Waals surface area contributed by atoms with E-state index in [1.807, 2.05) is 42.5 Å². The van der Waals surface area contributed by atoms with Crippen LogP contribution in [0.15, 0.2) is 73.3 Å². The van der Waals surface area contributed by atoms with Crippen molar-refractivity contribution in [3.8, 4) is 0 Å². The zero-order chi connectivity index (χ0) is 22.2. The van der Waals surface area contributed by atoms with Crippen LogP contribution in [0.3, 0.4) is 0 Å². The zero-order valence-electron chi connectivity index (χ0n) is 18.7. The maximum Gasteiger partial charge on any atom is 0.407 e. The summed E-state index contributed by atoms with van der Waals surface area (Å²) in [5.41, 5.74) is 2.23. The van der Waals surface area contributed by atoms with Crippen molar-refractivity contribution in [2.45, 2.75) is 57.7 Å². The number of hydroxylamine groups is 2. The summed E-state index contributed by atoms with van der Waals surface area (Å²) in [4.78, 5) is 17.4. The molecule has 31 heavy (non-hydrogen) atoms. The van der Waals surface area contributed by atoms with E-state index in [4.69, 9.17) is 9.57 Å². The van der Waals surface area contributed by atoms with Crippen molar-refractivity contribution >= 4 is 6.09 Å². The molecule has 0 heterocycles. The van der Waals surface area contributed by atoms with Crippen LogP contribution < -0.4 is 5.32 Å². The standard InChI is InChI=1S/C26H36N2O3/c1-3-14-25(28(30-2)21-23-15-8-6-9-16-23)19-12-4-5-13-20-27-26(29)31-22-24-17-10-7-11-18-24/h3,6-11,15-18,25H,1,4-5,12-14,19-22H2,2H3,(H,27,29). The van der Waals surface area contributed by atoms with Gasteiger partial charge >= 0.3 is 6.09 Å². The molecule has 0 spiro atoms. The summed E-state index contributed by atoms with van der Waals surface area (Å²) < 4.78 is 5.22. The van der Waals surface area contributed by atoms with Crippen molar-refractivity contribution in [1.29, 1.82) is 0 Å². The second-order valence-electron chi connectivity index (χ2n) is 7.61. The molecule has 0 fully saturated rings. The summed E-state index contributed by atoms with van der Waals surface area (Å²) in [5, 5.41) is 4.88. The molecule has 0 saturated heterocycles. The van der Waals surface area contributed by atoms with E-state index >= 15 is 0 Å². The van der Waals surface area contributed by atoms with Crippen molar-refractivity contribution < 1.29 is 14.4 Å². The minimum absolute atomic E-state index is 0.302. The molecule has 0 radical (unpaired) electrons. The lowest BCUT2D eigenvalue weighted by molar-refractivity contribution is -0.170. The highest BCUT2D eigenvalue weighted by Crippen LogP contribution is 2.18. The van der Waals surface area contributed by atoms with Gasteiger partial charge in [0.25, 0.3) is 0 Å². The van der Waals surface area contributed by atoms with Gasteiger partial charge in [0.1, 0.15) is 6.61 Å². The monoisotopic (exact) mass is 424 g/mol. The van der Waals surface area contributed by atoms with E-state index in [2.05, 4.69) is 41.2 Å². The van der Waals surface area contributed by atoms with E-state index in [0.29, 0.717) is 19.2 Å². The van der Waals surface area contributed by atoms with Gasteiger partial charge in [0, 0.05) is 19.1 Å². The first kappa shape index (κ1) is 24.6. The molecule has 2 aromatic carbocycles. The molecule has 5 nitrogen and oxygen atoms in total. The highest BCUT2D eigenvalue weighted by Gasteiger charge is 2.17. The van der Waals surface area contributed by atoms with Crippen molar-refractivity contribution in [3.63, 3.8) is 0 Å². The van der Waals surface area contributed by atoms with Gasteiger partial charge in [-0.1, -0.05) is 86.0 Å². The van der Waals surface area contributed by atoms with Crippen LogP contribution in [0.5, 0.6) is 0 Å². The number of amides is 1. The molecule has 0 aromatic heterocycles. The number of rotatable bonds is 15. The number of benzene rings is 2. The number of unbranched alkanes of at least 4 members (excludes halogenated alkanes) is 3. The van der Waals surface area contributed by atoms with Crippen LogP contribution in [-0.4, -0.2) is 30.9 Å². The van der Waals surface area contributed by atoms with Crippen LogP contribution >= 0.6 is 0 Å². The van der Waals surface area contributed by atoms with E-state index in [1.165, 1.54) is 5.56 Å². The SMILES string of the molecule is C=CCC(CCCCCCNC(=O)OCc1ccccc1)N(Cc1ccccc1)OC. The predicted molar refractivity (Wildman–Crippen MR) is 125 cm³/mol. The number of ether oxygens (including phenoxy) is 1. The molecule has 0 aliphatic carbocycles. The lowest BCUT2D eigenvalue weighted by Crippen LogP contribution is -2.33. The van der Waals surface area contributed by atoms with E-state index in [-0.39, 0.29) is 6.09 Å². The third-order valence-electron chi connectivity index (χ3n) is 5.21. The fraction of sp³-hybridized carbons (Fsp3) is 0.423. The van der Waals surface area contributed by atoms with E-state index in [0.717, 1.165) is 50.6 Å². The maximum atomic E-state index is 11.8. The Hall–Kier alpha value is -2.63. The van der Waals surface area contributed by atoms with Gasteiger partial charge in [-0.2, -0.15) is 5.06 Å². The molecule has 0 aliphatic heterocycles. The Balaban J connectivity index is 1.58.